The number of aryl methyl sites for hydroxylation is 3. The van der Waals surface area contributed by atoms with Gasteiger partial charge in [-0.1, -0.05) is 17.7 Å². The number of rotatable bonds is 6. The number of hydrogen-bond acceptors (Lipinski definition) is 7. The van der Waals surface area contributed by atoms with Gasteiger partial charge < -0.3 is 4.74 Å². The number of anilines is 1. The Kier molecular flexibility index (Phi) is 6.49. The van der Waals surface area contributed by atoms with E-state index in [1.807, 2.05) is 32.9 Å². The zero-order valence-corrected chi connectivity index (χ0v) is 17.9. The van der Waals surface area contributed by atoms with E-state index in [4.69, 9.17) is 4.74 Å². The summed E-state index contributed by atoms with van der Waals surface area (Å²) in [5, 5.41) is 15.7. The molecule has 1 fully saturated rings. The van der Waals surface area contributed by atoms with E-state index >= 15 is 0 Å². The average Bonchev–Trinajstić information content (AvgIpc) is 2.70. The smallest absolute Gasteiger partial charge is 0.295 e. The molecule has 0 atom stereocenters. The van der Waals surface area contributed by atoms with Crippen molar-refractivity contribution in [3.05, 3.63) is 62.7 Å². The Morgan fingerprint density at radius 3 is 2.37 bits per heavy atom. The van der Waals surface area contributed by atoms with Gasteiger partial charge in [-0.3, -0.25) is 15.5 Å². The van der Waals surface area contributed by atoms with Gasteiger partial charge in [-0.25, -0.2) is 8.42 Å². The maximum absolute atomic E-state index is 12.8. The van der Waals surface area contributed by atoms with Crippen LogP contribution >= 0.6 is 0 Å². The van der Waals surface area contributed by atoms with E-state index in [1.54, 1.807) is 6.21 Å². The number of hydrazone groups is 1. The molecular weight excluding hydrogens is 408 g/mol. The van der Waals surface area contributed by atoms with Crippen molar-refractivity contribution in [2.45, 2.75) is 25.7 Å². The second kappa shape index (κ2) is 8.90. The molecule has 1 heterocycles. The van der Waals surface area contributed by atoms with Crippen LogP contribution in [0.15, 0.2) is 40.3 Å². The average molecular weight is 433 g/mol. The van der Waals surface area contributed by atoms with Gasteiger partial charge in [0, 0.05) is 24.7 Å². The van der Waals surface area contributed by atoms with Gasteiger partial charge in [0.2, 0.25) is 10.0 Å². The molecule has 0 saturated carbocycles. The van der Waals surface area contributed by atoms with E-state index in [2.05, 4.69) is 10.5 Å². The minimum atomic E-state index is -3.83. The number of ether oxygens (including phenoxy) is 1. The van der Waals surface area contributed by atoms with Crippen LogP contribution in [0.25, 0.3) is 0 Å². The first kappa shape index (κ1) is 21.9. The lowest BCUT2D eigenvalue weighted by molar-refractivity contribution is -0.384. The van der Waals surface area contributed by atoms with E-state index in [1.165, 1.54) is 16.4 Å². The predicted octanol–water partition coefficient (Wildman–Crippen LogP) is 2.99. The first-order chi connectivity index (χ1) is 14.2. The third-order valence-electron chi connectivity index (χ3n) is 4.89. The third kappa shape index (κ3) is 4.66. The van der Waals surface area contributed by atoms with E-state index in [0.717, 1.165) is 28.3 Å². The third-order valence-corrected chi connectivity index (χ3v) is 6.79. The number of nitrogens with one attached hydrogen (secondary N) is 1. The first-order valence-electron chi connectivity index (χ1n) is 9.43. The lowest BCUT2D eigenvalue weighted by Crippen LogP contribution is -2.40. The molecule has 2 aromatic carbocycles. The fourth-order valence-corrected chi connectivity index (χ4v) is 4.84. The molecule has 2 aromatic rings. The van der Waals surface area contributed by atoms with E-state index in [0.29, 0.717) is 13.2 Å². The lowest BCUT2D eigenvalue weighted by atomic mass is 10.0. The SMILES string of the molecule is Cc1cc(C)c(/C=N/Nc2ccc(S(=O)(=O)N3CCOCC3)cc2[N+](=O)[O-])c(C)c1. The van der Waals surface area contributed by atoms with E-state index in [-0.39, 0.29) is 29.4 Å². The Labute approximate surface area is 175 Å². The maximum Gasteiger partial charge on any atom is 0.295 e. The van der Waals surface area contributed by atoms with Gasteiger partial charge in [0.05, 0.1) is 29.2 Å². The molecule has 1 aliphatic heterocycles. The van der Waals surface area contributed by atoms with Crippen LogP contribution in [0.3, 0.4) is 0 Å². The number of nitro benzene ring substituents is 1. The summed E-state index contributed by atoms with van der Waals surface area (Å²) >= 11 is 0. The number of sulfonamides is 1. The molecule has 160 valence electrons. The molecule has 0 unspecified atom stereocenters. The normalized spacial score (nSPS) is 15.4. The molecule has 0 aliphatic carbocycles. The topological polar surface area (TPSA) is 114 Å². The highest BCUT2D eigenvalue weighted by Crippen LogP contribution is 2.29. The van der Waals surface area contributed by atoms with Gasteiger partial charge in [0.25, 0.3) is 5.69 Å². The maximum atomic E-state index is 12.8. The van der Waals surface area contributed by atoms with Gasteiger partial charge in [-0.15, -0.1) is 0 Å². The van der Waals surface area contributed by atoms with Crippen molar-refractivity contribution in [1.82, 2.24) is 4.31 Å². The highest BCUT2D eigenvalue weighted by Gasteiger charge is 2.28. The minimum Gasteiger partial charge on any atom is -0.379 e. The second-order valence-electron chi connectivity index (χ2n) is 7.13. The molecule has 30 heavy (non-hydrogen) atoms. The molecule has 0 bridgehead atoms. The predicted molar refractivity (Wildman–Crippen MR) is 115 cm³/mol. The molecular formula is C20H24N4O5S. The standard InChI is InChI=1S/C20H24N4O5S/c1-14-10-15(2)18(16(3)11-14)13-21-22-19-5-4-17(12-20(19)24(25)26)30(27,28)23-6-8-29-9-7-23/h4-5,10-13,22H,6-9H2,1-3H3/b21-13+. The van der Waals surface area contributed by atoms with E-state index in [9.17, 15) is 18.5 Å². The van der Waals surface area contributed by atoms with Crippen LogP contribution in [0, 0.1) is 30.9 Å². The summed E-state index contributed by atoms with van der Waals surface area (Å²) in [6, 6.07) is 7.82. The second-order valence-corrected chi connectivity index (χ2v) is 9.07. The van der Waals surface area contributed by atoms with Crippen molar-refractivity contribution < 1.29 is 18.1 Å². The molecule has 1 N–H and O–H groups in total. The number of nitrogens with zero attached hydrogens (tertiary/aromatic N) is 3. The summed E-state index contributed by atoms with van der Waals surface area (Å²) in [6.45, 7) is 6.98. The Morgan fingerprint density at radius 2 is 1.77 bits per heavy atom. The number of hydrogen-bond donors (Lipinski definition) is 1. The van der Waals surface area contributed by atoms with E-state index < -0.39 is 14.9 Å². The summed E-state index contributed by atoms with van der Waals surface area (Å²) in [4.78, 5) is 10.8. The first-order valence-corrected chi connectivity index (χ1v) is 10.9. The van der Waals surface area contributed by atoms with Crippen LogP contribution in [0.5, 0.6) is 0 Å². The minimum absolute atomic E-state index is 0.111. The highest BCUT2D eigenvalue weighted by molar-refractivity contribution is 7.89. The molecule has 0 radical (unpaired) electrons. The molecule has 10 heteroatoms. The number of morpholine rings is 1. The van der Waals surface area contributed by atoms with Crippen molar-refractivity contribution in [3.8, 4) is 0 Å². The molecule has 1 aliphatic rings. The molecule has 0 amide bonds. The Hall–Kier alpha value is -2.82. The molecule has 3 rings (SSSR count). The van der Waals surface area contributed by atoms with Crippen LogP contribution in [-0.2, 0) is 14.8 Å². The number of nitro groups is 1. The van der Waals surface area contributed by atoms with Gasteiger partial charge >= 0.3 is 0 Å². The van der Waals surface area contributed by atoms with Crippen molar-refractivity contribution >= 4 is 27.6 Å². The summed E-state index contributed by atoms with van der Waals surface area (Å²) in [6.07, 6.45) is 1.60. The molecule has 9 nitrogen and oxygen atoms in total. The van der Waals surface area contributed by atoms with Crippen molar-refractivity contribution in [2.24, 2.45) is 5.10 Å². The van der Waals surface area contributed by atoms with Gasteiger partial charge in [0.1, 0.15) is 5.69 Å². The monoisotopic (exact) mass is 432 g/mol. The van der Waals surface area contributed by atoms with Crippen LogP contribution < -0.4 is 5.43 Å². The Morgan fingerprint density at radius 1 is 1.13 bits per heavy atom. The van der Waals surface area contributed by atoms with Crippen LogP contribution in [0.4, 0.5) is 11.4 Å². The quantitative estimate of drug-likeness (QED) is 0.426. The zero-order chi connectivity index (χ0) is 21.9. The summed E-state index contributed by atoms with van der Waals surface area (Å²) in [5.41, 5.74) is 6.56. The number of benzene rings is 2. The van der Waals surface area contributed by atoms with Gasteiger partial charge in [-0.2, -0.15) is 9.41 Å². The van der Waals surface area contributed by atoms with Crippen LogP contribution in [0.2, 0.25) is 0 Å². The molecule has 0 aromatic heterocycles. The fourth-order valence-electron chi connectivity index (χ4n) is 3.41. The fraction of sp³-hybridized carbons (Fsp3) is 0.350. The summed E-state index contributed by atoms with van der Waals surface area (Å²) < 4.78 is 32.0. The zero-order valence-electron chi connectivity index (χ0n) is 17.1. The molecule has 1 saturated heterocycles. The lowest BCUT2D eigenvalue weighted by Gasteiger charge is -2.26. The van der Waals surface area contributed by atoms with Gasteiger partial charge in [0.15, 0.2) is 0 Å². The van der Waals surface area contributed by atoms with Gasteiger partial charge in [-0.05, 0) is 44.0 Å². The van der Waals surface area contributed by atoms with Crippen molar-refractivity contribution in [3.63, 3.8) is 0 Å². The van der Waals surface area contributed by atoms with Crippen molar-refractivity contribution in [1.29, 1.82) is 0 Å². The van der Waals surface area contributed by atoms with Crippen LogP contribution in [0.1, 0.15) is 22.3 Å². The highest BCUT2D eigenvalue weighted by atomic mass is 32.2. The Bertz CT molecular complexity index is 1070. The summed E-state index contributed by atoms with van der Waals surface area (Å²) in [7, 11) is -3.83. The largest absolute Gasteiger partial charge is 0.379 e. The summed E-state index contributed by atoms with van der Waals surface area (Å²) in [5.74, 6) is 0. The Balaban J connectivity index is 1.87. The van der Waals surface area contributed by atoms with Crippen molar-refractivity contribution in [2.75, 3.05) is 31.7 Å². The van der Waals surface area contributed by atoms with Crippen LogP contribution in [-0.4, -0.2) is 50.2 Å². The molecule has 0 spiro atoms.